The third-order valence-electron chi connectivity index (χ3n) is 3.84. The van der Waals surface area contributed by atoms with Gasteiger partial charge in [-0.05, 0) is 13.8 Å². The van der Waals surface area contributed by atoms with Gasteiger partial charge in [0.15, 0.2) is 23.1 Å². The van der Waals surface area contributed by atoms with Crippen molar-refractivity contribution >= 4 is 17.1 Å². The lowest BCUT2D eigenvalue weighted by Gasteiger charge is -2.24. The molecule has 3 heterocycles. The van der Waals surface area contributed by atoms with Gasteiger partial charge in [-0.3, -0.25) is 14.3 Å². The Balaban J connectivity index is 2.13. The summed E-state index contributed by atoms with van der Waals surface area (Å²) in [7, 11) is 0. The van der Waals surface area contributed by atoms with E-state index in [4.69, 9.17) is 10.5 Å². The number of aliphatic hydroxyl groups is 2. The highest BCUT2D eigenvalue weighted by Crippen LogP contribution is 2.43. The van der Waals surface area contributed by atoms with E-state index in [2.05, 4.69) is 15.0 Å². The van der Waals surface area contributed by atoms with Crippen molar-refractivity contribution < 1.29 is 19.3 Å². The van der Waals surface area contributed by atoms with E-state index < -0.39 is 35.8 Å². The smallest absolute Gasteiger partial charge is 0.280 e. The molecule has 120 valence electrons. The van der Waals surface area contributed by atoms with Crippen LogP contribution in [0.1, 0.15) is 20.1 Å². The lowest BCUT2D eigenvalue weighted by Crippen LogP contribution is -2.42. The molecule has 10 heteroatoms. The second-order valence-electron chi connectivity index (χ2n) is 5.56. The molecule has 3 rings (SSSR count). The van der Waals surface area contributed by atoms with E-state index in [9.17, 15) is 19.4 Å². The van der Waals surface area contributed by atoms with E-state index in [1.54, 1.807) is 0 Å². The molecule has 0 amide bonds. The number of imidazole rings is 1. The maximum absolute atomic E-state index is 14.9. The van der Waals surface area contributed by atoms with Crippen LogP contribution < -0.4 is 11.3 Å². The van der Waals surface area contributed by atoms with Gasteiger partial charge in [-0.2, -0.15) is 4.98 Å². The summed E-state index contributed by atoms with van der Waals surface area (Å²) < 4.78 is 21.5. The van der Waals surface area contributed by atoms with Crippen LogP contribution in [0.25, 0.3) is 11.2 Å². The average Bonchev–Trinajstić information content (AvgIpc) is 2.91. The van der Waals surface area contributed by atoms with Crippen LogP contribution in [0.3, 0.4) is 0 Å². The van der Waals surface area contributed by atoms with Crippen LogP contribution in [-0.4, -0.2) is 53.7 Å². The first-order valence-corrected chi connectivity index (χ1v) is 6.66. The molecule has 5 N–H and O–H groups in total. The molecular weight excluding hydrogens is 297 g/mol. The lowest BCUT2D eigenvalue weighted by molar-refractivity contribution is -0.0795. The average molecular weight is 313 g/mol. The molecule has 5 atom stereocenters. The van der Waals surface area contributed by atoms with E-state index in [0.717, 1.165) is 6.92 Å². The number of rotatable bonds is 2. The fraction of sp³-hybridized carbons (Fsp3) is 0.583. The van der Waals surface area contributed by atoms with Crippen LogP contribution in [0.4, 0.5) is 10.3 Å². The lowest BCUT2D eigenvalue weighted by atomic mass is 9.96. The SMILES string of the molecule is CC(O)[C@H]1O[C@H](n2cnc3c(=O)[nH]c(N)nc32)[C@](C)(F)[C@@H]1O. The van der Waals surface area contributed by atoms with E-state index in [0.29, 0.717) is 0 Å². The largest absolute Gasteiger partial charge is 0.391 e. The number of aromatic amines is 1. The Bertz CT molecular complexity index is 770. The zero-order valence-electron chi connectivity index (χ0n) is 11.9. The molecule has 1 aliphatic heterocycles. The highest BCUT2D eigenvalue weighted by Gasteiger charge is 2.56. The molecule has 1 saturated heterocycles. The molecule has 2 aromatic rings. The van der Waals surface area contributed by atoms with Gasteiger partial charge in [-0.25, -0.2) is 9.37 Å². The van der Waals surface area contributed by atoms with Gasteiger partial charge in [0.05, 0.1) is 12.4 Å². The summed E-state index contributed by atoms with van der Waals surface area (Å²) in [6.07, 6.45) is -3.86. The van der Waals surface area contributed by atoms with E-state index in [1.807, 2.05) is 0 Å². The molecule has 22 heavy (non-hydrogen) atoms. The zero-order chi connectivity index (χ0) is 16.2. The predicted octanol–water partition coefficient (Wildman–Crippen LogP) is -0.931. The van der Waals surface area contributed by atoms with Gasteiger partial charge in [0, 0.05) is 0 Å². The maximum Gasteiger partial charge on any atom is 0.280 e. The molecular formula is C12H16FN5O4. The van der Waals surface area contributed by atoms with Crippen LogP contribution in [0.15, 0.2) is 11.1 Å². The quantitative estimate of drug-likeness (QED) is 0.561. The molecule has 0 aromatic carbocycles. The van der Waals surface area contributed by atoms with Crippen molar-refractivity contribution in [3.8, 4) is 0 Å². The predicted molar refractivity (Wildman–Crippen MR) is 73.7 cm³/mol. The number of fused-ring (bicyclic) bond motifs is 1. The Labute approximate surface area is 123 Å². The number of alkyl halides is 1. The molecule has 0 radical (unpaired) electrons. The van der Waals surface area contributed by atoms with E-state index >= 15 is 0 Å². The van der Waals surface area contributed by atoms with Gasteiger partial charge in [0.1, 0.15) is 12.2 Å². The fourth-order valence-electron chi connectivity index (χ4n) is 2.65. The number of nitrogens with two attached hydrogens (primary N) is 1. The summed E-state index contributed by atoms with van der Waals surface area (Å²) in [5.74, 6) is -0.148. The Kier molecular flexibility index (Phi) is 3.20. The van der Waals surface area contributed by atoms with Gasteiger partial charge in [0.25, 0.3) is 5.56 Å². The number of aliphatic hydroxyl groups excluding tert-OH is 2. The number of ether oxygens (including phenoxy) is 1. The summed E-state index contributed by atoms with van der Waals surface area (Å²) in [5.41, 5.74) is 2.72. The molecule has 1 fully saturated rings. The number of nitrogen functional groups attached to an aromatic ring is 1. The van der Waals surface area contributed by atoms with Crippen LogP contribution in [0, 0.1) is 0 Å². The third kappa shape index (κ3) is 1.99. The van der Waals surface area contributed by atoms with Crippen molar-refractivity contribution in [2.24, 2.45) is 0 Å². The van der Waals surface area contributed by atoms with Gasteiger partial charge < -0.3 is 20.7 Å². The number of nitrogens with zero attached hydrogens (tertiary/aromatic N) is 3. The van der Waals surface area contributed by atoms with Crippen molar-refractivity contribution in [2.75, 3.05) is 5.73 Å². The summed E-state index contributed by atoms with van der Waals surface area (Å²) in [4.78, 5) is 21.8. The molecule has 2 aromatic heterocycles. The Morgan fingerprint density at radius 2 is 2.32 bits per heavy atom. The normalized spacial score (nSPS) is 33.4. The Morgan fingerprint density at radius 3 is 2.91 bits per heavy atom. The highest BCUT2D eigenvalue weighted by molar-refractivity contribution is 5.70. The van der Waals surface area contributed by atoms with Crippen molar-refractivity contribution in [1.29, 1.82) is 0 Å². The molecule has 1 aliphatic rings. The van der Waals surface area contributed by atoms with Crippen molar-refractivity contribution in [1.82, 2.24) is 19.5 Å². The number of nitrogens with one attached hydrogen (secondary N) is 1. The van der Waals surface area contributed by atoms with E-state index in [1.165, 1.54) is 17.8 Å². The number of aromatic nitrogens is 4. The second kappa shape index (κ2) is 4.73. The first kappa shape index (κ1) is 14.9. The Morgan fingerprint density at radius 1 is 1.64 bits per heavy atom. The van der Waals surface area contributed by atoms with E-state index in [-0.39, 0.29) is 17.1 Å². The number of hydrogen-bond donors (Lipinski definition) is 4. The maximum atomic E-state index is 14.9. The first-order chi connectivity index (χ1) is 10.2. The number of anilines is 1. The summed E-state index contributed by atoms with van der Waals surface area (Å²) in [6.45, 7) is 2.53. The number of hydrogen-bond acceptors (Lipinski definition) is 7. The Hall–Kier alpha value is -2.04. The number of halogens is 1. The van der Waals surface area contributed by atoms with Crippen LogP contribution in [0.5, 0.6) is 0 Å². The molecule has 1 unspecified atom stereocenters. The summed E-state index contributed by atoms with van der Waals surface area (Å²) in [6, 6.07) is 0. The van der Waals surface area contributed by atoms with Crippen molar-refractivity contribution in [3.63, 3.8) is 0 Å². The topological polar surface area (TPSA) is 139 Å². The van der Waals surface area contributed by atoms with Gasteiger partial charge in [0.2, 0.25) is 5.95 Å². The summed E-state index contributed by atoms with van der Waals surface area (Å²) in [5, 5.41) is 19.6. The fourth-order valence-corrected chi connectivity index (χ4v) is 2.65. The van der Waals surface area contributed by atoms with Crippen LogP contribution in [0.2, 0.25) is 0 Å². The van der Waals surface area contributed by atoms with Crippen LogP contribution in [-0.2, 0) is 4.74 Å². The standard InChI is InChI=1S/C12H16FN5O4/c1-4(19)6-7(20)12(2,13)10(22-6)18-3-15-5-8(18)16-11(14)17-9(5)21/h3-4,6-7,10,19-20H,1-2H3,(H3,14,16,17,21)/t4?,6-,7-,10+,12-/m1/s1. The second-order valence-corrected chi connectivity index (χ2v) is 5.56. The van der Waals surface area contributed by atoms with Crippen molar-refractivity contribution in [3.05, 3.63) is 16.7 Å². The first-order valence-electron chi connectivity index (χ1n) is 6.66. The number of H-pyrrole nitrogens is 1. The molecule has 0 bridgehead atoms. The van der Waals surface area contributed by atoms with Gasteiger partial charge in [-0.15, -0.1) is 0 Å². The summed E-state index contributed by atoms with van der Waals surface area (Å²) >= 11 is 0. The zero-order valence-corrected chi connectivity index (χ0v) is 11.9. The van der Waals surface area contributed by atoms with Crippen LogP contribution >= 0.6 is 0 Å². The minimum absolute atomic E-state index is 0.0245. The monoisotopic (exact) mass is 313 g/mol. The highest BCUT2D eigenvalue weighted by atomic mass is 19.1. The minimum atomic E-state index is -2.21. The molecule has 0 saturated carbocycles. The molecule has 9 nitrogen and oxygen atoms in total. The van der Waals surface area contributed by atoms with Gasteiger partial charge in [-0.1, -0.05) is 0 Å². The third-order valence-corrected chi connectivity index (χ3v) is 3.84. The minimum Gasteiger partial charge on any atom is -0.391 e. The van der Waals surface area contributed by atoms with Gasteiger partial charge >= 0.3 is 0 Å². The molecule has 0 aliphatic carbocycles. The molecule has 0 spiro atoms. The van der Waals surface area contributed by atoms with Crippen molar-refractivity contribution in [2.45, 2.75) is 44.1 Å².